The Bertz CT molecular complexity index is 624. The molecule has 2 fully saturated rings. The molecule has 0 saturated heterocycles. The Balaban J connectivity index is 2.37. The first kappa shape index (κ1) is 23.0. The maximum absolute atomic E-state index is 11.9. The summed E-state index contributed by atoms with van der Waals surface area (Å²) in [6.45, 7) is 18.1. The second-order valence-electron chi connectivity index (χ2n) is 10.5. The Morgan fingerprint density at radius 3 is 2.29 bits per heavy atom. The molecule has 0 heterocycles. The van der Waals surface area contributed by atoms with Crippen molar-refractivity contribution in [3.05, 3.63) is 12.7 Å². The molecule has 28 heavy (non-hydrogen) atoms. The van der Waals surface area contributed by atoms with Gasteiger partial charge in [0.25, 0.3) is 0 Å². The third-order valence-electron chi connectivity index (χ3n) is 7.85. The number of ether oxygens (including phenoxy) is 2. The van der Waals surface area contributed by atoms with Crippen LogP contribution in [0, 0.1) is 22.7 Å². The fraction of sp³-hybridized carbons (Fsp3) is 0.833. The lowest BCUT2D eigenvalue weighted by atomic mass is 9.45. The first-order valence-corrected chi connectivity index (χ1v) is 10.8. The third-order valence-corrected chi connectivity index (χ3v) is 7.85. The summed E-state index contributed by atoms with van der Waals surface area (Å²) in [4.78, 5) is 23.5. The molecule has 0 amide bonds. The van der Waals surface area contributed by atoms with Gasteiger partial charge in [-0.1, -0.05) is 33.8 Å². The van der Waals surface area contributed by atoms with Gasteiger partial charge in [-0.2, -0.15) is 0 Å². The van der Waals surface area contributed by atoms with Gasteiger partial charge in [0.1, 0.15) is 11.2 Å². The van der Waals surface area contributed by atoms with Crippen molar-refractivity contribution in [2.45, 2.75) is 105 Å². The number of carbonyl (C=O) groups excluding carboxylic acids is 2. The van der Waals surface area contributed by atoms with Gasteiger partial charge >= 0.3 is 11.9 Å². The third kappa shape index (κ3) is 4.46. The van der Waals surface area contributed by atoms with Gasteiger partial charge in [0, 0.05) is 19.8 Å². The summed E-state index contributed by atoms with van der Waals surface area (Å²) in [5.41, 5.74) is -0.789. The lowest BCUT2D eigenvalue weighted by Crippen LogP contribution is -2.59. The van der Waals surface area contributed by atoms with E-state index in [2.05, 4.69) is 34.3 Å². The van der Waals surface area contributed by atoms with Gasteiger partial charge in [0.2, 0.25) is 0 Å². The van der Waals surface area contributed by atoms with E-state index in [-0.39, 0.29) is 23.3 Å². The van der Waals surface area contributed by atoms with Crippen LogP contribution in [-0.4, -0.2) is 23.1 Å². The van der Waals surface area contributed by atoms with E-state index in [0.29, 0.717) is 17.8 Å². The molecule has 0 aromatic carbocycles. The molecule has 0 aromatic rings. The maximum atomic E-state index is 11.9. The van der Waals surface area contributed by atoms with Crippen LogP contribution >= 0.6 is 0 Å². The molecule has 4 nitrogen and oxygen atoms in total. The number of esters is 2. The van der Waals surface area contributed by atoms with Crippen LogP contribution in [0.15, 0.2) is 12.7 Å². The van der Waals surface area contributed by atoms with E-state index >= 15 is 0 Å². The van der Waals surface area contributed by atoms with Crippen molar-refractivity contribution in [3.8, 4) is 0 Å². The van der Waals surface area contributed by atoms with Gasteiger partial charge in [0.05, 0.1) is 0 Å². The minimum Gasteiger partial charge on any atom is -0.459 e. The van der Waals surface area contributed by atoms with E-state index in [0.717, 1.165) is 25.7 Å². The number of hydrogen-bond donors (Lipinski definition) is 0. The van der Waals surface area contributed by atoms with Crippen LogP contribution in [0.1, 0.15) is 93.4 Å². The van der Waals surface area contributed by atoms with Crippen LogP contribution in [0.4, 0.5) is 0 Å². The Labute approximate surface area is 171 Å². The summed E-state index contributed by atoms with van der Waals surface area (Å²) in [5, 5.41) is 0. The Morgan fingerprint density at radius 1 is 1.11 bits per heavy atom. The zero-order valence-electron chi connectivity index (χ0n) is 19.0. The normalized spacial score (nSPS) is 36.5. The van der Waals surface area contributed by atoms with Crippen molar-refractivity contribution < 1.29 is 19.1 Å². The van der Waals surface area contributed by atoms with Crippen molar-refractivity contribution in [1.29, 1.82) is 0 Å². The molecule has 2 saturated carbocycles. The summed E-state index contributed by atoms with van der Waals surface area (Å²) >= 11 is 0. The summed E-state index contributed by atoms with van der Waals surface area (Å²) < 4.78 is 11.6. The summed E-state index contributed by atoms with van der Waals surface area (Å²) in [7, 11) is 0. The number of hydrogen-bond acceptors (Lipinski definition) is 4. The van der Waals surface area contributed by atoms with Crippen molar-refractivity contribution in [3.63, 3.8) is 0 Å². The smallest absolute Gasteiger partial charge is 0.303 e. The zero-order valence-corrected chi connectivity index (χ0v) is 19.0. The minimum atomic E-state index is -0.698. The highest BCUT2D eigenvalue weighted by molar-refractivity contribution is 5.67. The first-order valence-electron chi connectivity index (χ1n) is 10.8. The summed E-state index contributed by atoms with van der Waals surface area (Å²) in [6.07, 6.45) is 8.83. The quantitative estimate of drug-likeness (QED) is 0.421. The van der Waals surface area contributed by atoms with Gasteiger partial charge in [0.15, 0.2) is 0 Å². The largest absolute Gasteiger partial charge is 0.459 e. The average molecular weight is 393 g/mol. The molecule has 5 unspecified atom stereocenters. The standard InChI is InChI=1S/C24H40O4/c1-9-22(6,27-17(2)25)15-11-20-23(7)14-10-13-21(4,5)19(23)12-16-24(20,8)28-18(3)26/h9,19-20H,1,10-16H2,2-8H3. The zero-order chi connectivity index (χ0) is 21.4. The van der Waals surface area contributed by atoms with Crippen LogP contribution in [0.5, 0.6) is 0 Å². The highest BCUT2D eigenvalue weighted by atomic mass is 16.6. The SMILES string of the molecule is C=CC(C)(CCC1C(C)(OC(C)=O)CCC2C(C)(C)CCCC21C)OC(C)=O. The van der Waals surface area contributed by atoms with Gasteiger partial charge in [-0.15, -0.1) is 0 Å². The lowest BCUT2D eigenvalue weighted by molar-refractivity contribution is -0.201. The fourth-order valence-corrected chi connectivity index (χ4v) is 6.65. The molecule has 2 rings (SSSR count). The molecule has 0 aromatic heterocycles. The number of carbonyl (C=O) groups is 2. The van der Waals surface area contributed by atoms with Crippen LogP contribution < -0.4 is 0 Å². The molecule has 0 spiro atoms. The molecule has 5 atom stereocenters. The van der Waals surface area contributed by atoms with Crippen molar-refractivity contribution in [2.24, 2.45) is 22.7 Å². The topological polar surface area (TPSA) is 52.6 Å². The van der Waals surface area contributed by atoms with E-state index < -0.39 is 11.2 Å². The van der Waals surface area contributed by atoms with E-state index in [1.807, 2.05) is 6.92 Å². The number of rotatable bonds is 6. The predicted octanol–water partition coefficient (Wildman–Crippen LogP) is 5.84. The molecule has 0 N–H and O–H groups in total. The van der Waals surface area contributed by atoms with E-state index in [4.69, 9.17) is 9.47 Å². The monoisotopic (exact) mass is 392 g/mol. The molecule has 2 aliphatic carbocycles. The maximum Gasteiger partial charge on any atom is 0.303 e. The van der Waals surface area contributed by atoms with Crippen LogP contribution in [0.25, 0.3) is 0 Å². The van der Waals surface area contributed by atoms with Gasteiger partial charge in [-0.05, 0) is 75.2 Å². The summed E-state index contributed by atoms with van der Waals surface area (Å²) in [6, 6.07) is 0. The minimum absolute atomic E-state index is 0.0997. The molecule has 4 heteroatoms. The molecular weight excluding hydrogens is 352 g/mol. The second kappa shape index (κ2) is 7.84. The first-order chi connectivity index (χ1) is 12.8. The van der Waals surface area contributed by atoms with Crippen molar-refractivity contribution in [1.82, 2.24) is 0 Å². The predicted molar refractivity (Wildman–Crippen MR) is 112 cm³/mol. The van der Waals surface area contributed by atoms with Gasteiger partial charge in [-0.3, -0.25) is 9.59 Å². The van der Waals surface area contributed by atoms with Gasteiger partial charge < -0.3 is 9.47 Å². The highest BCUT2D eigenvalue weighted by Crippen LogP contribution is 2.63. The lowest BCUT2D eigenvalue weighted by Gasteiger charge is -2.62. The molecule has 2 aliphatic rings. The van der Waals surface area contributed by atoms with E-state index in [9.17, 15) is 9.59 Å². The Kier molecular flexibility index (Phi) is 6.43. The van der Waals surface area contributed by atoms with E-state index in [1.165, 1.54) is 26.7 Å². The highest BCUT2D eigenvalue weighted by Gasteiger charge is 2.59. The second-order valence-corrected chi connectivity index (χ2v) is 10.5. The van der Waals surface area contributed by atoms with Crippen LogP contribution in [-0.2, 0) is 19.1 Å². The summed E-state index contributed by atoms with van der Waals surface area (Å²) in [5.74, 6) is 0.316. The average Bonchev–Trinajstić information content (AvgIpc) is 2.51. The molecule has 0 bridgehead atoms. The van der Waals surface area contributed by atoms with Crippen LogP contribution in [0.3, 0.4) is 0 Å². The molecule has 0 radical (unpaired) electrons. The van der Waals surface area contributed by atoms with E-state index in [1.54, 1.807) is 6.08 Å². The Hall–Kier alpha value is -1.32. The Morgan fingerprint density at radius 2 is 1.75 bits per heavy atom. The molecule has 160 valence electrons. The van der Waals surface area contributed by atoms with Crippen molar-refractivity contribution in [2.75, 3.05) is 0 Å². The van der Waals surface area contributed by atoms with Crippen LogP contribution in [0.2, 0.25) is 0 Å². The van der Waals surface area contributed by atoms with Gasteiger partial charge in [-0.25, -0.2) is 0 Å². The molecule has 0 aliphatic heterocycles. The fourth-order valence-electron chi connectivity index (χ4n) is 6.65. The number of fused-ring (bicyclic) bond motifs is 1. The molecular formula is C24H40O4. The van der Waals surface area contributed by atoms with Crippen molar-refractivity contribution >= 4 is 11.9 Å².